The molecule has 0 aliphatic carbocycles. The van der Waals surface area contributed by atoms with E-state index in [1.165, 1.54) is 0 Å². The fourth-order valence-electron chi connectivity index (χ4n) is 2.78. The second kappa shape index (κ2) is 10.5. The van der Waals surface area contributed by atoms with Crippen LogP contribution in [0.2, 0.25) is 5.02 Å². The molecule has 1 heterocycles. The second-order valence-electron chi connectivity index (χ2n) is 5.73. The number of piperidine rings is 1. The predicted molar refractivity (Wildman–Crippen MR) is 104 cm³/mol. The number of carbonyl (C=O) groups excluding carboxylic acids is 1. The van der Waals surface area contributed by atoms with Crippen LogP contribution in [-0.2, 0) is 4.79 Å². The first-order chi connectivity index (χ1) is 11.6. The van der Waals surface area contributed by atoms with E-state index in [-0.39, 0.29) is 18.3 Å². The summed E-state index contributed by atoms with van der Waals surface area (Å²) in [5.74, 6) is 1.07. The molecular weight excluding hydrogens is 363 g/mol. The average molecular weight is 389 g/mol. The molecule has 0 saturated carbocycles. The fraction of sp³-hybridized carbons (Fsp3) is 0.500. The van der Waals surface area contributed by atoms with E-state index in [9.17, 15) is 4.79 Å². The minimum atomic E-state index is -0.00845. The number of hydrogen-bond donors (Lipinski definition) is 1. The molecule has 0 atom stereocenters. The first kappa shape index (κ1) is 21.6. The van der Waals surface area contributed by atoms with E-state index in [0.717, 1.165) is 31.5 Å². The van der Waals surface area contributed by atoms with E-state index in [1.54, 1.807) is 25.3 Å². The van der Waals surface area contributed by atoms with Crippen LogP contribution in [0.4, 0.5) is 0 Å². The van der Waals surface area contributed by atoms with Gasteiger partial charge >= 0.3 is 0 Å². The highest BCUT2D eigenvalue weighted by atomic mass is 35.5. The predicted octanol–water partition coefficient (Wildman–Crippen LogP) is 3.39. The quantitative estimate of drug-likeness (QED) is 0.758. The van der Waals surface area contributed by atoms with Gasteiger partial charge in [-0.1, -0.05) is 11.6 Å². The van der Waals surface area contributed by atoms with Crippen molar-refractivity contribution in [3.05, 3.63) is 28.8 Å². The number of nitrogens with zero attached hydrogens (tertiary/aromatic N) is 1. The normalized spacial score (nSPS) is 14.9. The molecule has 1 aromatic rings. The van der Waals surface area contributed by atoms with E-state index >= 15 is 0 Å². The summed E-state index contributed by atoms with van der Waals surface area (Å²) in [5.41, 5.74) is 0.798. The monoisotopic (exact) mass is 388 g/mol. The number of benzene rings is 1. The van der Waals surface area contributed by atoms with E-state index < -0.39 is 0 Å². The topological polar surface area (TPSA) is 50.8 Å². The molecule has 0 bridgehead atoms. The Morgan fingerprint density at radius 2 is 2.08 bits per heavy atom. The van der Waals surface area contributed by atoms with Crippen LogP contribution in [0.5, 0.6) is 11.5 Å². The lowest BCUT2D eigenvalue weighted by molar-refractivity contribution is -0.127. The minimum Gasteiger partial charge on any atom is -0.493 e. The van der Waals surface area contributed by atoms with Gasteiger partial charge in [0.25, 0.3) is 0 Å². The molecule has 0 aromatic heterocycles. The number of hydrogen-bond acceptors (Lipinski definition) is 4. The van der Waals surface area contributed by atoms with E-state index in [2.05, 4.69) is 5.32 Å². The van der Waals surface area contributed by atoms with Gasteiger partial charge in [-0.2, -0.15) is 0 Å². The van der Waals surface area contributed by atoms with Gasteiger partial charge < -0.3 is 19.7 Å². The third-order valence-electron chi connectivity index (χ3n) is 4.16. The Bertz CT molecular complexity index is 602. The SMILES string of the molecule is CCOc1c(Cl)cc(/C=C/C(=O)N(C)C2CCNCC2)cc1OC.Cl. The zero-order valence-electron chi connectivity index (χ0n) is 14.9. The number of halogens is 2. The molecule has 1 saturated heterocycles. The number of nitrogens with one attached hydrogen (secondary N) is 1. The minimum absolute atomic E-state index is 0. The lowest BCUT2D eigenvalue weighted by Crippen LogP contribution is -2.43. The molecule has 7 heteroatoms. The van der Waals surface area contributed by atoms with Gasteiger partial charge in [-0.3, -0.25) is 4.79 Å². The number of ether oxygens (including phenoxy) is 2. The van der Waals surface area contributed by atoms with Crippen LogP contribution in [-0.4, -0.2) is 50.7 Å². The summed E-state index contributed by atoms with van der Waals surface area (Å²) in [7, 11) is 3.42. The zero-order valence-corrected chi connectivity index (χ0v) is 16.5. The van der Waals surface area contributed by atoms with Crippen molar-refractivity contribution in [2.75, 3.05) is 33.9 Å². The molecule has 1 aliphatic rings. The summed E-state index contributed by atoms with van der Waals surface area (Å²) in [6.45, 7) is 4.30. The molecule has 1 N–H and O–H groups in total. The van der Waals surface area contributed by atoms with Crippen LogP contribution < -0.4 is 14.8 Å². The van der Waals surface area contributed by atoms with E-state index in [0.29, 0.717) is 29.2 Å². The smallest absolute Gasteiger partial charge is 0.246 e. The molecule has 1 fully saturated rings. The Hall–Kier alpha value is -1.43. The fourth-order valence-corrected chi connectivity index (χ4v) is 3.05. The number of amides is 1. The summed E-state index contributed by atoms with van der Waals surface area (Å²) in [6.07, 6.45) is 5.30. The van der Waals surface area contributed by atoms with Crippen LogP contribution >= 0.6 is 24.0 Å². The molecule has 1 amide bonds. The van der Waals surface area contributed by atoms with Crippen molar-refractivity contribution in [1.29, 1.82) is 0 Å². The molecule has 25 heavy (non-hydrogen) atoms. The number of likely N-dealkylation sites (N-methyl/N-ethyl adjacent to an activating group) is 1. The van der Waals surface area contributed by atoms with Crippen molar-refractivity contribution in [2.45, 2.75) is 25.8 Å². The van der Waals surface area contributed by atoms with Gasteiger partial charge in [0.05, 0.1) is 18.7 Å². The van der Waals surface area contributed by atoms with Crippen LogP contribution in [0.1, 0.15) is 25.3 Å². The van der Waals surface area contributed by atoms with Crippen molar-refractivity contribution < 1.29 is 14.3 Å². The van der Waals surface area contributed by atoms with Crippen molar-refractivity contribution in [3.8, 4) is 11.5 Å². The van der Waals surface area contributed by atoms with Crippen molar-refractivity contribution in [2.24, 2.45) is 0 Å². The Morgan fingerprint density at radius 1 is 1.40 bits per heavy atom. The van der Waals surface area contributed by atoms with Gasteiger partial charge in [0.2, 0.25) is 5.91 Å². The lowest BCUT2D eigenvalue weighted by atomic mass is 10.1. The Balaban J connectivity index is 0.00000312. The standard InChI is InChI=1S/C18H25ClN2O3.ClH/c1-4-24-18-15(19)11-13(12-16(18)23-3)5-6-17(22)21(2)14-7-9-20-10-8-14;/h5-6,11-12,14,20H,4,7-10H2,1-3H3;1H/b6-5+;. The number of rotatable bonds is 6. The summed E-state index contributed by atoms with van der Waals surface area (Å²) in [5, 5.41) is 3.77. The van der Waals surface area contributed by atoms with E-state index in [4.69, 9.17) is 21.1 Å². The second-order valence-corrected chi connectivity index (χ2v) is 6.14. The van der Waals surface area contributed by atoms with Crippen LogP contribution in [0, 0.1) is 0 Å². The van der Waals surface area contributed by atoms with Gasteiger partial charge in [0.1, 0.15) is 0 Å². The first-order valence-electron chi connectivity index (χ1n) is 8.22. The van der Waals surface area contributed by atoms with Gasteiger partial charge in [-0.05, 0) is 56.6 Å². The molecule has 5 nitrogen and oxygen atoms in total. The van der Waals surface area contributed by atoms with Crippen molar-refractivity contribution in [1.82, 2.24) is 10.2 Å². The molecule has 2 rings (SSSR count). The van der Waals surface area contributed by atoms with Gasteiger partial charge in [0, 0.05) is 19.2 Å². The average Bonchev–Trinajstić information content (AvgIpc) is 2.61. The third-order valence-corrected chi connectivity index (χ3v) is 4.44. The summed E-state index contributed by atoms with van der Waals surface area (Å²) in [4.78, 5) is 14.2. The maximum Gasteiger partial charge on any atom is 0.246 e. The van der Waals surface area contributed by atoms with Crippen molar-refractivity contribution >= 4 is 36.0 Å². The third kappa shape index (κ3) is 5.80. The highest BCUT2D eigenvalue weighted by Gasteiger charge is 2.20. The molecular formula is C18H26Cl2N2O3. The molecule has 1 aliphatic heterocycles. The largest absolute Gasteiger partial charge is 0.493 e. The Labute approximate surface area is 160 Å². The molecule has 1 aromatic carbocycles. The molecule has 0 unspecified atom stereocenters. The summed E-state index contributed by atoms with van der Waals surface area (Å²) >= 11 is 6.25. The number of carbonyl (C=O) groups is 1. The maximum atomic E-state index is 12.4. The Morgan fingerprint density at radius 3 is 2.68 bits per heavy atom. The van der Waals surface area contributed by atoms with Gasteiger partial charge in [0.15, 0.2) is 11.5 Å². The zero-order chi connectivity index (χ0) is 17.5. The summed E-state index contributed by atoms with van der Waals surface area (Å²) in [6, 6.07) is 3.87. The molecule has 0 spiro atoms. The Kier molecular flexibility index (Phi) is 9.11. The van der Waals surface area contributed by atoms with Crippen molar-refractivity contribution in [3.63, 3.8) is 0 Å². The van der Waals surface area contributed by atoms with Gasteiger partial charge in [-0.15, -0.1) is 12.4 Å². The van der Waals surface area contributed by atoms with E-state index in [1.807, 2.05) is 24.9 Å². The van der Waals surface area contributed by atoms with Crippen LogP contribution in [0.15, 0.2) is 18.2 Å². The molecule has 140 valence electrons. The van der Waals surface area contributed by atoms with Crippen LogP contribution in [0.25, 0.3) is 6.08 Å². The molecule has 0 radical (unpaired) electrons. The highest BCUT2D eigenvalue weighted by Crippen LogP contribution is 2.36. The first-order valence-corrected chi connectivity index (χ1v) is 8.60. The maximum absolute atomic E-state index is 12.4. The highest BCUT2D eigenvalue weighted by molar-refractivity contribution is 6.32. The lowest BCUT2D eigenvalue weighted by Gasteiger charge is -2.30. The summed E-state index contributed by atoms with van der Waals surface area (Å²) < 4.78 is 10.8. The van der Waals surface area contributed by atoms with Crippen LogP contribution in [0.3, 0.4) is 0 Å². The number of methoxy groups -OCH3 is 1. The van der Waals surface area contributed by atoms with Gasteiger partial charge in [-0.25, -0.2) is 0 Å².